The molecule has 0 aliphatic heterocycles. The van der Waals surface area contributed by atoms with Crippen molar-refractivity contribution in [2.45, 2.75) is 13.8 Å². The smallest absolute Gasteiger partial charge is 1.00 e. The Morgan fingerprint density at radius 1 is 1.33 bits per heavy atom. The van der Waals surface area contributed by atoms with E-state index in [1.807, 2.05) is 0 Å². The molecule has 1 radical (unpaired) electrons. The van der Waals surface area contributed by atoms with Crippen LogP contribution >= 0.6 is 11.3 Å². The molecule has 0 N–H and O–H groups in total. The normalized spacial score (nSPS) is 17.9. The van der Waals surface area contributed by atoms with Gasteiger partial charge in [0.25, 0.3) is 0 Å². The fraction of sp³-hybridized carbons (Fsp3) is 0.273. The summed E-state index contributed by atoms with van der Waals surface area (Å²) in [6.45, 7) is 4.30. The molecule has 0 aromatic carbocycles. The van der Waals surface area contributed by atoms with E-state index < -0.39 is 0 Å². The van der Waals surface area contributed by atoms with Gasteiger partial charge in [-0.3, -0.25) is 6.08 Å². The van der Waals surface area contributed by atoms with E-state index >= 15 is 0 Å². The molecule has 1 aromatic heterocycles. The van der Waals surface area contributed by atoms with Crippen molar-refractivity contribution in [2.24, 2.45) is 5.92 Å². The number of rotatable bonds is 1. The molecule has 0 fully saturated rings. The van der Waals surface area contributed by atoms with E-state index in [1.165, 1.54) is 16.0 Å². The van der Waals surface area contributed by atoms with Crippen LogP contribution in [-0.2, 0) is 26.2 Å². The Labute approximate surface area is 127 Å². The first-order chi connectivity index (χ1) is 5.77. The molecule has 79 valence electrons. The van der Waals surface area contributed by atoms with Gasteiger partial charge in [-0.25, -0.2) is 5.57 Å². The van der Waals surface area contributed by atoms with Gasteiger partial charge < -0.3 is 24.8 Å². The molecule has 1 aromatic rings. The maximum absolute atomic E-state index is 3.39. The minimum Gasteiger partial charge on any atom is -1.00 e. The first-order valence-corrected chi connectivity index (χ1v) is 5.01. The average molecular weight is 337 g/mol. The number of hydrogen-bond acceptors (Lipinski definition) is 1. The summed E-state index contributed by atoms with van der Waals surface area (Å²) in [5.41, 5.74) is 2.67. The summed E-state index contributed by atoms with van der Waals surface area (Å²) < 4.78 is 0. The van der Waals surface area contributed by atoms with Gasteiger partial charge in [-0.15, -0.1) is 0 Å². The van der Waals surface area contributed by atoms with Gasteiger partial charge in [-0.1, -0.05) is 31.9 Å². The van der Waals surface area contributed by atoms with E-state index in [1.54, 1.807) is 11.3 Å². The second-order valence-electron chi connectivity index (χ2n) is 3.12. The summed E-state index contributed by atoms with van der Waals surface area (Å²) in [4.78, 5) is 1.37. The van der Waals surface area contributed by atoms with Gasteiger partial charge >= 0.3 is 26.2 Å². The van der Waals surface area contributed by atoms with Gasteiger partial charge in [0.1, 0.15) is 0 Å². The van der Waals surface area contributed by atoms with Crippen molar-refractivity contribution in [3.05, 3.63) is 40.1 Å². The average Bonchev–Trinajstić information content (AvgIpc) is 2.58. The van der Waals surface area contributed by atoms with Gasteiger partial charge in [0, 0.05) is 0 Å². The molecule has 0 bridgehead atoms. The summed E-state index contributed by atoms with van der Waals surface area (Å²) in [5.74, 6) is 0.488. The summed E-state index contributed by atoms with van der Waals surface area (Å²) >= 11 is 1.80. The summed E-state index contributed by atoms with van der Waals surface area (Å²) in [5, 5.41) is 2.12. The van der Waals surface area contributed by atoms with Gasteiger partial charge in [0.2, 0.25) is 0 Å². The number of thiophene rings is 1. The molecule has 1 atom stereocenters. The maximum atomic E-state index is 3.39. The van der Waals surface area contributed by atoms with E-state index in [0.29, 0.717) is 5.92 Å². The maximum Gasteiger partial charge on any atom is 3.00 e. The zero-order valence-corrected chi connectivity index (χ0v) is 13.3. The molecular weight excluding hydrogens is 326 g/mol. The Bertz CT molecular complexity index is 341. The zero-order valence-electron chi connectivity index (χ0n) is 8.55. The minimum absolute atomic E-state index is 0. The van der Waals surface area contributed by atoms with Crippen molar-refractivity contribution in [1.29, 1.82) is 0 Å². The predicted molar refractivity (Wildman–Crippen MR) is 53.9 cm³/mol. The molecule has 0 saturated heterocycles. The van der Waals surface area contributed by atoms with Crippen LogP contribution in [0.5, 0.6) is 0 Å². The van der Waals surface area contributed by atoms with Crippen LogP contribution in [0.2, 0.25) is 0 Å². The molecular formula is C11H11Cl2SZr. The van der Waals surface area contributed by atoms with Gasteiger partial charge in [-0.05, 0) is 10.3 Å². The Morgan fingerprint density at radius 3 is 2.40 bits per heavy atom. The Kier molecular flexibility index (Phi) is 9.42. The predicted octanol–water partition coefficient (Wildman–Crippen LogP) is -2.46. The van der Waals surface area contributed by atoms with Crippen LogP contribution in [-0.4, -0.2) is 0 Å². The number of hydrogen-bond donors (Lipinski definition) is 0. The monoisotopic (exact) mass is 335 g/mol. The summed E-state index contributed by atoms with van der Waals surface area (Å²) in [6, 6.07) is 4.26. The van der Waals surface area contributed by atoms with Crippen molar-refractivity contribution in [1.82, 2.24) is 0 Å². The molecule has 4 heteroatoms. The minimum atomic E-state index is 0. The van der Waals surface area contributed by atoms with E-state index in [2.05, 4.69) is 43.5 Å². The van der Waals surface area contributed by atoms with Crippen molar-refractivity contribution in [3.8, 4) is 0 Å². The van der Waals surface area contributed by atoms with E-state index in [9.17, 15) is 0 Å². The molecule has 1 unspecified atom stereocenters. The van der Waals surface area contributed by atoms with Crippen LogP contribution in [0.25, 0.3) is 5.57 Å². The van der Waals surface area contributed by atoms with Crippen molar-refractivity contribution in [2.75, 3.05) is 0 Å². The van der Waals surface area contributed by atoms with E-state index in [4.69, 9.17) is 0 Å². The van der Waals surface area contributed by atoms with Crippen LogP contribution in [0.4, 0.5) is 0 Å². The third-order valence-electron chi connectivity index (χ3n) is 2.05. The Balaban J connectivity index is 0. The first-order valence-electron chi connectivity index (χ1n) is 4.13. The number of allylic oxidation sites excluding steroid dienone is 4. The molecule has 1 aliphatic rings. The standard InChI is InChI=1S/C11H11S.2ClH.Zr/c1-8-6-9(2)10(7-8)11-4-3-5-12-11;;;/h3-5,7-8H,1-2H3;2*1H;/q-1;;;+3/p-2. The molecule has 0 amide bonds. The largest absolute Gasteiger partial charge is 3.00 e. The van der Waals surface area contributed by atoms with Crippen LogP contribution in [0.3, 0.4) is 0 Å². The van der Waals surface area contributed by atoms with Crippen molar-refractivity contribution < 1.29 is 51.0 Å². The molecule has 1 aliphatic carbocycles. The quantitative estimate of drug-likeness (QED) is 0.499. The third kappa shape index (κ3) is 4.19. The van der Waals surface area contributed by atoms with E-state index in [-0.39, 0.29) is 51.0 Å². The van der Waals surface area contributed by atoms with Crippen molar-refractivity contribution in [3.63, 3.8) is 0 Å². The fourth-order valence-electron chi connectivity index (χ4n) is 1.53. The SMILES string of the molecule is CC1=[C-]C(C)C=C1c1cccs1.[Cl-].[Cl-].[Zr+3]. The van der Waals surface area contributed by atoms with Crippen LogP contribution in [0, 0.1) is 12.0 Å². The van der Waals surface area contributed by atoms with Crippen molar-refractivity contribution >= 4 is 16.9 Å². The fourth-order valence-corrected chi connectivity index (χ4v) is 2.34. The molecule has 1 heterocycles. The Hall–Kier alpha value is 0.643. The zero-order chi connectivity index (χ0) is 8.55. The van der Waals surface area contributed by atoms with Crippen LogP contribution in [0.15, 0.2) is 29.2 Å². The topological polar surface area (TPSA) is 0 Å². The molecule has 0 nitrogen and oxygen atoms in total. The van der Waals surface area contributed by atoms with Gasteiger partial charge in [0.05, 0.1) is 0 Å². The first kappa shape index (κ1) is 18.0. The second kappa shape index (κ2) is 7.84. The number of halogens is 2. The molecule has 15 heavy (non-hydrogen) atoms. The molecule has 0 spiro atoms. The second-order valence-corrected chi connectivity index (χ2v) is 4.06. The molecule has 0 saturated carbocycles. The summed E-state index contributed by atoms with van der Waals surface area (Å²) in [7, 11) is 0. The van der Waals surface area contributed by atoms with Gasteiger partial charge in [-0.2, -0.15) is 23.0 Å². The van der Waals surface area contributed by atoms with Crippen LogP contribution in [0.1, 0.15) is 18.7 Å². The molecule has 2 rings (SSSR count). The summed E-state index contributed by atoms with van der Waals surface area (Å²) in [6.07, 6.45) is 5.66. The van der Waals surface area contributed by atoms with E-state index in [0.717, 1.165) is 0 Å². The van der Waals surface area contributed by atoms with Gasteiger partial charge in [0.15, 0.2) is 0 Å². The van der Waals surface area contributed by atoms with Crippen LogP contribution < -0.4 is 24.8 Å². The third-order valence-corrected chi connectivity index (χ3v) is 2.95. The Morgan fingerprint density at radius 2 is 2.00 bits per heavy atom.